The fraction of sp³-hybridized carbons (Fsp3) is 0.809. The predicted octanol–water partition coefficient (Wildman–Crippen LogP) is 4.93. The van der Waals surface area contributed by atoms with E-state index in [1.807, 2.05) is 0 Å². The van der Waals surface area contributed by atoms with Crippen LogP contribution in [0, 0.1) is 0 Å². The van der Waals surface area contributed by atoms with Gasteiger partial charge in [-0.3, -0.25) is 4.79 Å². The van der Waals surface area contributed by atoms with Crippen LogP contribution in [0.25, 0.3) is 0 Å². The first-order valence-corrected chi connectivity index (χ1v) is 23.4. The molecule has 0 radical (unpaired) electrons. The number of hydrogen-bond acceptors (Lipinski definition) is 13. The van der Waals surface area contributed by atoms with E-state index in [9.17, 15) is 45.6 Å². The number of unbranched alkanes of at least 4 members (excludes halogenated alkanes) is 13. The molecule has 12 unspecified atom stereocenters. The standard InChI is InChI=1S/C47H83NO13/c1-3-5-7-9-11-12-13-14-15-16-17-18-19-20-21-22-23-24-25-27-29-31-39(52)48-35(36(51)30-28-26-10-8-6-4-2)34-58-46-44(57)42(55)45(38(33-50)60-46)61-47-43(56)41(54)40(53)37(32-49)59-47/h5,7,11-12,14-15,17-18,35-38,40-47,49-51,53-57H,3-4,6,8-10,13,16,19-34H2,1-2H3,(H,48,52)/b7-5-,12-11-,15-14-,18-17-. The highest BCUT2D eigenvalue weighted by molar-refractivity contribution is 5.76. The van der Waals surface area contributed by atoms with Gasteiger partial charge in [-0.05, 0) is 51.4 Å². The van der Waals surface area contributed by atoms with Crippen LogP contribution < -0.4 is 5.32 Å². The van der Waals surface area contributed by atoms with Gasteiger partial charge in [0, 0.05) is 6.42 Å². The Hall–Kier alpha value is -2.05. The predicted molar refractivity (Wildman–Crippen MR) is 235 cm³/mol. The van der Waals surface area contributed by atoms with E-state index in [1.165, 1.54) is 25.7 Å². The third-order valence-electron chi connectivity index (χ3n) is 11.3. The average Bonchev–Trinajstić information content (AvgIpc) is 3.26. The van der Waals surface area contributed by atoms with Crippen molar-refractivity contribution in [2.45, 2.75) is 222 Å². The minimum atomic E-state index is -1.78. The first kappa shape index (κ1) is 55.1. The van der Waals surface area contributed by atoms with E-state index < -0.39 is 86.8 Å². The van der Waals surface area contributed by atoms with E-state index in [0.717, 1.165) is 89.9 Å². The molecule has 0 aromatic heterocycles. The minimum Gasteiger partial charge on any atom is -0.394 e. The van der Waals surface area contributed by atoms with Crippen LogP contribution >= 0.6 is 0 Å². The van der Waals surface area contributed by atoms with Crippen LogP contribution in [0.3, 0.4) is 0 Å². The summed E-state index contributed by atoms with van der Waals surface area (Å²) in [5.41, 5.74) is 0. The molecule has 0 aliphatic carbocycles. The fourth-order valence-electron chi connectivity index (χ4n) is 7.46. The summed E-state index contributed by atoms with van der Waals surface area (Å²) in [4.78, 5) is 13.1. The molecule has 0 aromatic rings. The summed E-state index contributed by atoms with van der Waals surface area (Å²) >= 11 is 0. The SMILES string of the molecule is CC/C=C\C/C=C\C/C=C\C/C=C\CCCCCCCCCCC(=O)NC(COC1OC(CO)C(OC2OC(CO)C(O)C(O)C2O)C(O)C1O)C(O)CCCCCCCC. The first-order valence-electron chi connectivity index (χ1n) is 23.4. The Bertz CT molecular complexity index is 1210. The topological polar surface area (TPSA) is 228 Å². The summed E-state index contributed by atoms with van der Waals surface area (Å²) in [5, 5.41) is 86.3. The zero-order valence-corrected chi connectivity index (χ0v) is 37.1. The van der Waals surface area contributed by atoms with Crippen molar-refractivity contribution >= 4 is 5.91 Å². The van der Waals surface area contributed by atoms with Crippen molar-refractivity contribution in [2.24, 2.45) is 0 Å². The number of allylic oxidation sites excluding steroid dienone is 8. The van der Waals surface area contributed by atoms with Gasteiger partial charge in [-0.1, -0.05) is 140 Å². The molecule has 14 heteroatoms. The normalized spacial score (nSPS) is 28.4. The molecule has 0 bridgehead atoms. The molecule has 2 aliphatic rings. The second-order valence-electron chi connectivity index (χ2n) is 16.5. The number of carbonyl (C=O) groups excluding carboxylic acids is 1. The lowest BCUT2D eigenvalue weighted by Gasteiger charge is -2.46. The van der Waals surface area contributed by atoms with Crippen molar-refractivity contribution in [1.82, 2.24) is 5.32 Å². The minimum absolute atomic E-state index is 0.224. The molecular formula is C47H83NO13. The van der Waals surface area contributed by atoms with E-state index in [2.05, 4.69) is 67.8 Å². The van der Waals surface area contributed by atoms with Gasteiger partial charge in [0.25, 0.3) is 0 Å². The van der Waals surface area contributed by atoms with Crippen molar-refractivity contribution in [3.8, 4) is 0 Å². The van der Waals surface area contributed by atoms with Crippen LogP contribution in [-0.4, -0.2) is 140 Å². The molecular weight excluding hydrogens is 787 g/mol. The van der Waals surface area contributed by atoms with Crippen LogP contribution in [0.1, 0.15) is 149 Å². The number of carbonyl (C=O) groups is 1. The molecule has 2 aliphatic heterocycles. The number of nitrogens with one attached hydrogen (secondary N) is 1. The molecule has 2 fully saturated rings. The zero-order chi connectivity index (χ0) is 44.7. The number of hydrogen-bond donors (Lipinski definition) is 9. The molecule has 14 nitrogen and oxygen atoms in total. The molecule has 354 valence electrons. The van der Waals surface area contributed by atoms with Crippen LogP contribution in [-0.2, 0) is 23.7 Å². The largest absolute Gasteiger partial charge is 0.394 e. The monoisotopic (exact) mass is 870 g/mol. The van der Waals surface area contributed by atoms with E-state index in [4.69, 9.17) is 18.9 Å². The highest BCUT2D eigenvalue weighted by atomic mass is 16.7. The summed E-state index contributed by atoms with van der Waals surface area (Å²) in [6.07, 6.45) is 21.6. The van der Waals surface area contributed by atoms with Crippen LogP contribution in [0.4, 0.5) is 0 Å². The van der Waals surface area contributed by atoms with E-state index in [-0.39, 0.29) is 12.5 Å². The molecule has 2 heterocycles. The molecule has 1 amide bonds. The van der Waals surface area contributed by atoms with Gasteiger partial charge < -0.3 is 65.1 Å². The third-order valence-corrected chi connectivity index (χ3v) is 11.3. The summed E-state index contributed by atoms with van der Waals surface area (Å²) in [6.45, 7) is 2.63. The Morgan fingerprint density at radius 1 is 0.607 bits per heavy atom. The Balaban J connectivity index is 1.76. The van der Waals surface area contributed by atoms with Crippen molar-refractivity contribution in [3.05, 3.63) is 48.6 Å². The Morgan fingerprint density at radius 3 is 1.74 bits per heavy atom. The summed E-state index contributed by atoms with van der Waals surface area (Å²) in [7, 11) is 0. The van der Waals surface area contributed by atoms with Gasteiger partial charge in [0.05, 0.1) is 32.0 Å². The zero-order valence-electron chi connectivity index (χ0n) is 37.1. The summed E-state index contributed by atoms with van der Waals surface area (Å²) < 4.78 is 22.6. The van der Waals surface area contributed by atoms with Crippen molar-refractivity contribution in [2.75, 3.05) is 19.8 Å². The number of rotatable bonds is 34. The Labute approximate surface area is 365 Å². The number of ether oxygens (including phenoxy) is 4. The Kier molecular flexibility index (Phi) is 31.0. The lowest BCUT2D eigenvalue weighted by Crippen LogP contribution is -2.65. The van der Waals surface area contributed by atoms with E-state index in [0.29, 0.717) is 19.3 Å². The molecule has 9 N–H and O–H groups in total. The van der Waals surface area contributed by atoms with Gasteiger partial charge >= 0.3 is 0 Å². The molecule has 0 aromatic carbocycles. The molecule has 61 heavy (non-hydrogen) atoms. The third kappa shape index (κ3) is 22.4. The Morgan fingerprint density at radius 2 is 1.13 bits per heavy atom. The van der Waals surface area contributed by atoms with Gasteiger partial charge in [0.2, 0.25) is 5.91 Å². The lowest BCUT2D eigenvalue weighted by atomic mass is 9.97. The number of aliphatic hydroxyl groups is 8. The molecule has 2 rings (SSSR count). The lowest BCUT2D eigenvalue weighted by molar-refractivity contribution is -0.359. The van der Waals surface area contributed by atoms with Gasteiger partial charge in [-0.25, -0.2) is 0 Å². The molecule has 0 saturated carbocycles. The quantitative estimate of drug-likeness (QED) is 0.0309. The van der Waals surface area contributed by atoms with Crippen LogP contribution in [0.5, 0.6) is 0 Å². The smallest absolute Gasteiger partial charge is 0.220 e. The van der Waals surface area contributed by atoms with Gasteiger partial charge in [-0.2, -0.15) is 0 Å². The van der Waals surface area contributed by atoms with E-state index >= 15 is 0 Å². The van der Waals surface area contributed by atoms with Crippen molar-refractivity contribution in [3.63, 3.8) is 0 Å². The average molecular weight is 870 g/mol. The molecule has 2 saturated heterocycles. The second kappa shape index (κ2) is 34.4. The first-order chi connectivity index (χ1) is 29.6. The maximum absolute atomic E-state index is 13.1. The van der Waals surface area contributed by atoms with Crippen LogP contribution in [0.15, 0.2) is 48.6 Å². The highest BCUT2D eigenvalue weighted by Gasteiger charge is 2.51. The van der Waals surface area contributed by atoms with Crippen molar-refractivity contribution in [1.29, 1.82) is 0 Å². The summed E-state index contributed by atoms with van der Waals surface area (Å²) in [5.74, 6) is -0.224. The second-order valence-corrected chi connectivity index (χ2v) is 16.5. The van der Waals surface area contributed by atoms with Gasteiger partial charge in [0.1, 0.15) is 48.8 Å². The van der Waals surface area contributed by atoms with Gasteiger partial charge in [0.15, 0.2) is 12.6 Å². The highest BCUT2D eigenvalue weighted by Crippen LogP contribution is 2.30. The molecule has 0 spiro atoms. The fourth-order valence-corrected chi connectivity index (χ4v) is 7.46. The molecule has 12 atom stereocenters. The maximum atomic E-state index is 13.1. The number of amides is 1. The van der Waals surface area contributed by atoms with Crippen LogP contribution in [0.2, 0.25) is 0 Å². The summed E-state index contributed by atoms with van der Waals surface area (Å²) in [6, 6.07) is -0.830. The van der Waals surface area contributed by atoms with Crippen molar-refractivity contribution < 1.29 is 64.6 Å². The van der Waals surface area contributed by atoms with E-state index in [1.54, 1.807) is 0 Å². The maximum Gasteiger partial charge on any atom is 0.220 e. The number of aliphatic hydroxyl groups excluding tert-OH is 8. The van der Waals surface area contributed by atoms with Gasteiger partial charge in [-0.15, -0.1) is 0 Å².